The summed E-state index contributed by atoms with van der Waals surface area (Å²) in [5, 5.41) is 21.6. The van der Waals surface area contributed by atoms with Gasteiger partial charge in [0.2, 0.25) is 0 Å². The van der Waals surface area contributed by atoms with Crippen LogP contribution in [0.25, 0.3) is 5.65 Å². The lowest BCUT2D eigenvalue weighted by Crippen LogP contribution is -2.51. The van der Waals surface area contributed by atoms with Crippen molar-refractivity contribution in [3.05, 3.63) is 60.7 Å². The van der Waals surface area contributed by atoms with Crippen LogP contribution >= 0.6 is 15.9 Å². The lowest BCUT2D eigenvalue weighted by Gasteiger charge is -2.57. The molecule has 0 saturated heterocycles. The monoisotopic (exact) mass is 1010 g/mol. The van der Waals surface area contributed by atoms with E-state index in [1.54, 1.807) is 12.3 Å². The molecule has 11 rings (SSSR count). The van der Waals surface area contributed by atoms with Gasteiger partial charge in [0, 0.05) is 48.7 Å². The second-order valence-corrected chi connectivity index (χ2v) is 23.2. The first kappa shape index (κ1) is 56.9. The van der Waals surface area contributed by atoms with Gasteiger partial charge in [-0.25, -0.2) is 9.97 Å². The lowest BCUT2D eigenvalue weighted by atomic mass is 9.49. The van der Waals surface area contributed by atoms with Crippen LogP contribution < -0.4 is 5.73 Å². The Kier molecular flexibility index (Phi) is 20.0. The van der Waals surface area contributed by atoms with Crippen molar-refractivity contribution in [3.63, 3.8) is 0 Å². The number of rotatable bonds is 3. The van der Waals surface area contributed by atoms with Crippen molar-refractivity contribution in [2.75, 3.05) is 11.1 Å². The molecule has 13 heteroatoms. The first-order valence-electron chi connectivity index (χ1n) is 24.6. The zero-order valence-electron chi connectivity index (χ0n) is 39.1. The summed E-state index contributed by atoms with van der Waals surface area (Å²) in [6.07, 6.45) is 28.5. The van der Waals surface area contributed by atoms with Crippen molar-refractivity contribution in [2.24, 2.45) is 75.9 Å². The quantitative estimate of drug-likeness (QED) is 0.178. The Morgan fingerprint density at radius 2 is 1.21 bits per heavy atom. The number of hydrogen-bond donors (Lipinski definition) is 3. The van der Waals surface area contributed by atoms with Crippen LogP contribution in [0.2, 0.25) is 0 Å². The summed E-state index contributed by atoms with van der Waals surface area (Å²) in [5.74, 6) is 10.4. The molecule has 67 heavy (non-hydrogen) atoms. The molecule has 0 bridgehead atoms. The van der Waals surface area contributed by atoms with Gasteiger partial charge in [-0.05, 0) is 224 Å². The summed E-state index contributed by atoms with van der Waals surface area (Å²) in [5.41, 5.74) is 7.54. The molecule has 3 aromatic rings. The third kappa shape index (κ3) is 11.4. The van der Waals surface area contributed by atoms with Gasteiger partial charge in [0.05, 0.1) is 22.2 Å². The fourth-order valence-corrected chi connectivity index (χ4v) is 17.2. The molecule has 16 atom stereocenters. The van der Waals surface area contributed by atoms with E-state index in [0.717, 1.165) is 96.9 Å². The number of anilines is 1. The van der Waals surface area contributed by atoms with Crippen LogP contribution in [0.1, 0.15) is 170 Å². The highest BCUT2D eigenvalue weighted by molar-refractivity contribution is 9.09. The Hall–Kier alpha value is -2.64. The number of carbonyl (C=O) groups is 1. The van der Waals surface area contributed by atoms with E-state index >= 15 is 0 Å². The Morgan fingerprint density at radius 1 is 0.687 bits per heavy atom. The van der Waals surface area contributed by atoms with Gasteiger partial charge in [-0.3, -0.25) is 9.50 Å². The Morgan fingerprint density at radius 3 is 1.72 bits per heavy atom. The average Bonchev–Trinajstić information content (AvgIpc) is 3.99. The van der Waals surface area contributed by atoms with E-state index in [4.69, 9.17) is 29.0 Å². The van der Waals surface area contributed by atoms with Crippen molar-refractivity contribution in [2.45, 2.75) is 175 Å². The van der Waals surface area contributed by atoms with Crippen molar-refractivity contribution in [1.29, 1.82) is 0 Å². The third-order valence-corrected chi connectivity index (χ3v) is 20.0. The maximum atomic E-state index is 12.5. The van der Waals surface area contributed by atoms with Gasteiger partial charge in [0.1, 0.15) is 17.2 Å². The molecule has 8 aliphatic rings. The normalized spacial score (nSPS) is 40.6. The number of carbonyl (C=O) groups excluding carboxylic acids is 1. The number of pyridine rings is 2. The van der Waals surface area contributed by atoms with Gasteiger partial charge < -0.3 is 20.3 Å². The largest absolute Gasteiger partial charge is 0.390 e. The second-order valence-electron chi connectivity index (χ2n) is 22.7. The topological polar surface area (TPSA) is 114 Å². The number of nitrogens with two attached hydrogens (primary N) is 1. The summed E-state index contributed by atoms with van der Waals surface area (Å²) < 4.78 is 34.2. The molecule has 0 spiro atoms. The highest BCUT2D eigenvalue weighted by Crippen LogP contribution is 2.67. The molecule has 0 unspecified atom stereocenters. The minimum Gasteiger partial charge on any atom is -0.390 e. The second kappa shape index (κ2) is 23.5. The van der Waals surface area contributed by atoms with E-state index in [1.165, 1.54) is 89.2 Å². The molecule has 7 nitrogen and oxygen atoms in total. The number of aliphatic hydroxyl groups is 2. The zero-order valence-corrected chi connectivity index (χ0v) is 40.7. The van der Waals surface area contributed by atoms with E-state index in [2.05, 4.69) is 76.7 Å². The minimum absolute atomic E-state index is 0. The third-order valence-electron chi connectivity index (χ3n) is 19.4. The van der Waals surface area contributed by atoms with Crippen molar-refractivity contribution in [3.8, 4) is 0 Å². The first-order valence-corrected chi connectivity index (χ1v) is 25.7. The van der Waals surface area contributed by atoms with Gasteiger partial charge in [-0.15, -0.1) is 0 Å². The first-order chi connectivity index (χ1) is 30.7. The maximum Gasteiger partial charge on any atom is 0.147 e. The van der Waals surface area contributed by atoms with Crippen LogP contribution in [-0.4, -0.2) is 46.9 Å². The molecule has 8 fully saturated rings. The van der Waals surface area contributed by atoms with Crippen molar-refractivity contribution >= 4 is 33.2 Å². The van der Waals surface area contributed by atoms with E-state index in [0.29, 0.717) is 34.2 Å². The maximum absolute atomic E-state index is 12.5. The summed E-state index contributed by atoms with van der Waals surface area (Å²) in [6, 6.07) is 11.8. The van der Waals surface area contributed by atoms with E-state index in [9.17, 15) is 15.0 Å². The molecular formula is C54H84BrF5N4O3. The number of ketones is 1. The van der Waals surface area contributed by atoms with Crippen molar-refractivity contribution in [1.82, 2.24) is 14.4 Å². The molecule has 380 valence electrons. The number of nitrogens with zero attached hydrogens (tertiary/aromatic N) is 3. The SMILES string of the molecule is C.C.C[C@@]1(O)CC[C@H]2[C@@H](CC[C@@H]3[C@@H]2CC[C@]2(C)[C@@H](C(=O)CBr)CC[C@@H]32)C1.C[C@@]1(O)CC[C@H]2[C@@H](CC[C@@H]3[C@@H]2CC[C@]2(C)[C@@H](c4cn5ccccc5n4)CC[C@@H]32)C1.F.FF.FF.Nc1ccccn1. The number of aromatic nitrogens is 3. The van der Waals surface area contributed by atoms with Crippen LogP contribution in [0.4, 0.5) is 28.8 Å². The molecule has 4 N–H and O–H groups in total. The van der Waals surface area contributed by atoms with Gasteiger partial charge >= 0.3 is 0 Å². The minimum atomic E-state index is -0.419. The molecule has 8 aliphatic carbocycles. The standard InChI is InChI=1S/C26H36N2O.C21H33BrO2.C5H6N2.2CH4.2F2.FH/c1-25(29)12-10-18-17(15-25)6-7-20-19(18)11-13-26(2)21(20)8-9-22(26)23-16-28-14-4-3-5-24(28)27-23;1-20(24)9-7-14-13(11-20)3-4-16-15(14)8-10-21(2)17(16)5-6-18(21)19(23)12-22;6-5-3-1-2-4-7-5;;;2*1-2;/h3-5,14,16-22,29H,6-13,15H2,1-2H3;13-18,24H,3-12H2,1-2H3;1-4H,(H2,6,7);2*1H4;;;1H/t17-,18-,19+,20+,21-,22+,25+,26-;13-,14-,15+,16+,17-,18+,20+,21-;;;;;;/m00....../s1. The lowest BCUT2D eigenvalue weighted by molar-refractivity contribution is -0.129. The molecule has 0 amide bonds. The number of nitrogen functional groups attached to an aromatic ring is 1. The number of halogens is 6. The average molecular weight is 1010 g/mol. The number of imidazole rings is 1. The summed E-state index contributed by atoms with van der Waals surface area (Å²) in [4.78, 5) is 21.3. The van der Waals surface area contributed by atoms with Gasteiger partial charge in [0.25, 0.3) is 0 Å². The molecule has 0 radical (unpaired) electrons. The highest BCUT2D eigenvalue weighted by Gasteiger charge is 2.60. The smallest absolute Gasteiger partial charge is 0.147 e. The van der Waals surface area contributed by atoms with E-state index < -0.39 is 11.2 Å². The number of alkyl halides is 1. The molecular weight excluding hydrogens is 928 g/mol. The Bertz CT molecular complexity index is 1960. The predicted molar refractivity (Wildman–Crippen MR) is 265 cm³/mol. The molecule has 0 aromatic carbocycles. The fourth-order valence-electron chi connectivity index (χ4n) is 16.8. The predicted octanol–water partition coefficient (Wildman–Crippen LogP) is 14.6. The molecule has 3 heterocycles. The summed E-state index contributed by atoms with van der Waals surface area (Å²) in [6.45, 7) is 9.15. The molecule has 0 aliphatic heterocycles. The Labute approximate surface area is 406 Å². The number of Topliss-reactive ketones (excluding diaryl/α,β-unsaturated/α-hetero) is 1. The summed E-state index contributed by atoms with van der Waals surface area (Å²) in [7, 11) is 0. The number of fused-ring (bicyclic) bond motifs is 11. The van der Waals surface area contributed by atoms with E-state index in [1.807, 2.05) is 19.1 Å². The fraction of sp³-hybridized carbons (Fsp3) is 0.759. The van der Waals surface area contributed by atoms with Crippen LogP contribution in [0.15, 0.2) is 55.0 Å². The van der Waals surface area contributed by atoms with Gasteiger partial charge in [-0.1, -0.05) is 56.8 Å². The zero-order chi connectivity index (χ0) is 46.0. The molecule has 8 saturated carbocycles. The van der Waals surface area contributed by atoms with Crippen LogP contribution in [0, 0.1) is 75.9 Å². The highest BCUT2D eigenvalue weighted by atomic mass is 79.9. The summed E-state index contributed by atoms with van der Waals surface area (Å²) >= 11 is 3.42. The van der Waals surface area contributed by atoms with Crippen molar-refractivity contribution < 1.29 is 38.0 Å². The van der Waals surface area contributed by atoms with Crippen LogP contribution in [0.5, 0.6) is 0 Å². The van der Waals surface area contributed by atoms with E-state index in [-0.39, 0.29) is 25.0 Å². The van der Waals surface area contributed by atoms with Gasteiger partial charge in [-0.2, -0.15) is 0 Å². The number of hydrogen-bond acceptors (Lipinski definition) is 6. The van der Waals surface area contributed by atoms with Crippen LogP contribution in [-0.2, 0) is 4.79 Å². The van der Waals surface area contributed by atoms with Crippen LogP contribution in [0.3, 0.4) is 0 Å². The Balaban J connectivity index is 0.000000234. The van der Waals surface area contributed by atoms with Gasteiger partial charge in [0.15, 0.2) is 0 Å². The molecule has 3 aromatic heterocycles.